The summed E-state index contributed by atoms with van der Waals surface area (Å²) in [6.45, 7) is 6.88. The van der Waals surface area contributed by atoms with E-state index < -0.39 is 0 Å². The Labute approximate surface area is 175 Å². The standard InChI is InChI=1S/C21H28N4OS2/c1-14-5-3-4-6-17(14)18-11-22-24-20(18)16-7-9-25(10-8-16)19(26)13-28-21-23-15(2)12-27-21/h3-6,12,16,18,20,22,24H,7-11,13H2,1-2H3. The molecule has 1 amide bonds. The number of thioether (sulfide) groups is 1. The summed E-state index contributed by atoms with van der Waals surface area (Å²) in [5, 5.41) is 2.03. The Morgan fingerprint density at radius 3 is 2.79 bits per heavy atom. The number of amides is 1. The summed E-state index contributed by atoms with van der Waals surface area (Å²) in [7, 11) is 0. The maximum Gasteiger partial charge on any atom is 0.233 e. The number of aromatic nitrogens is 1. The monoisotopic (exact) mass is 416 g/mol. The summed E-state index contributed by atoms with van der Waals surface area (Å²) in [5.74, 6) is 1.83. The molecule has 7 heteroatoms. The number of carbonyl (C=O) groups excluding carboxylic acids is 1. The highest BCUT2D eigenvalue weighted by Gasteiger charge is 2.37. The Morgan fingerprint density at radius 1 is 1.29 bits per heavy atom. The zero-order valence-corrected chi connectivity index (χ0v) is 18.1. The number of rotatable bonds is 5. The van der Waals surface area contributed by atoms with Gasteiger partial charge in [0.1, 0.15) is 0 Å². The number of nitrogens with zero attached hydrogens (tertiary/aromatic N) is 2. The fourth-order valence-electron chi connectivity index (χ4n) is 4.39. The third kappa shape index (κ3) is 4.43. The molecule has 4 rings (SSSR count). The lowest BCUT2D eigenvalue weighted by atomic mass is 9.79. The first-order valence-electron chi connectivity index (χ1n) is 9.98. The van der Waals surface area contributed by atoms with Crippen molar-refractivity contribution in [2.75, 3.05) is 25.4 Å². The summed E-state index contributed by atoms with van der Waals surface area (Å²) < 4.78 is 0.989. The van der Waals surface area contributed by atoms with Crippen molar-refractivity contribution >= 4 is 29.0 Å². The number of hydrogen-bond acceptors (Lipinski definition) is 6. The molecule has 2 fully saturated rings. The van der Waals surface area contributed by atoms with Crippen molar-refractivity contribution in [3.8, 4) is 0 Å². The lowest BCUT2D eigenvalue weighted by molar-refractivity contribution is -0.129. The maximum absolute atomic E-state index is 12.6. The number of hydrazine groups is 1. The summed E-state index contributed by atoms with van der Waals surface area (Å²) in [6, 6.07) is 9.15. The van der Waals surface area contributed by atoms with Crippen LogP contribution in [-0.4, -0.2) is 47.2 Å². The summed E-state index contributed by atoms with van der Waals surface area (Å²) in [4.78, 5) is 19.1. The van der Waals surface area contributed by atoms with Crippen molar-refractivity contribution in [3.05, 3.63) is 46.5 Å². The summed E-state index contributed by atoms with van der Waals surface area (Å²) in [5.41, 5.74) is 10.7. The second-order valence-corrected chi connectivity index (χ2v) is 9.86. The van der Waals surface area contributed by atoms with Gasteiger partial charge in [0, 0.05) is 42.7 Å². The van der Waals surface area contributed by atoms with E-state index in [0.29, 0.717) is 23.6 Å². The van der Waals surface area contributed by atoms with Gasteiger partial charge >= 0.3 is 0 Å². The number of aryl methyl sites for hydroxylation is 2. The highest BCUT2D eigenvalue weighted by atomic mass is 32.2. The second-order valence-electron chi connectivity index (χ2n) is 7.78. The Kier molecular flexibility index (Phi) is 6.35. The van der Waals surface area contributed by atoms with Gasteiger partial charge in [-0.25, -0.2) is 4.98 Å². The van der Waals surface area contributed by atoms with Crippen LogP contribution >= 0.6 is 23.1 Å². The molecule has 0 aliphatic carbocycles. The number of carbonyl (C=O) groups is 1. The third-order valence-corrected chi connectivity index (χ3v) is 8.05. The lowest BCUT2D eigenvalue weighted by Crippen LogP contribution is -2.46. The van der Waals surface area contributed by atoms with Crippen LogP contribution in [-0.2, 0) is 4.79 Å². The van der Waals surface area contributed by atoms with Gasteiger partial charge in [0.05, 0.1) is 5.75 Å². The molecule has 1 aromatic carbocycles. The molecule has 2 atom stereocenters. The van der Waals surface area contributed by atoms with Gasteiger partial charge in [-0.1, -0.05) is 36.0 Å². The third-order valence-electron chi connectivity index (χ3n) is 5.93. The van der Waals surface area contributed by atoms with E-state index in [2.05, 4.69) is 47.0 Å². The van der Waals surface area contributed by atoms with Crippen LogP contribution in [0.2, 0.25) is 0 Å². The molecule has 2 aliphatic heterocycles. The lowest BCUT2D eigenvalue weighted by Gasteiger charge is -2.36. The van der Waals surface area contributed by atoms with Gasteiger partial charge in [0.15, 0.2) is 4.34 Å². The van der Waals surface area contributed by atoms with Crippen molar-refractivity contribution in [3.63, 3.8) is 0 Å². The average Bonchev–Trinajstić information content (AvgIpc) is 3.36. The summed E-state index contributed by atoms with van der Waals surface area (Å²) >= 11 is 3.18. The predicted octanol–water partition coefficient (Wildman–Crippen LogP) is 3.35. The van der Waals surface area contributed by atoms with E-state index >= 15 is 0 Å². The van der Waals surface area contributed by atoms with Crippen LogP contribution in [0, 0.1) is 19.8 Å². The Morgan fingerprint density at radius 2 is 2.07 bits per heavy atom. The molecule has 28 heavy (non-hydrogen) atoms. The normalized spacial score (nSPS) is 23.3. The smallest absolute Gasteiger partial charge is 0.233 e. The van der Waals surface area contributed by atoms with Crippen LogP contribution in [0.4, 0.5) is 0 Å². The Bertz CT molecular complexity index is 816. The molecule has 0 saturated carbocycles. The van der Waals surface area contributed by atoms with Gasteiger partial charge < -0.3 is 4.90 Å². The van der Waals surface area contributed by atoms with Crippen molar-refractivity contribution < 1.29 is 4.79 Å². The van der Waals surface area contributed by atoms with Gasteiger partial charge in [-0.2, -0.15) is 0 Å². The van der Waals surface area contributed by atoms with E-state index in [4.69, 9.17) is 0 Å². The van der Waals surface area contributed by atoms with Gasteiger partial charge in [0.25, 0.3) is 0 Å². The predicted molar refractivity (Wildman–Crippen MR) is 116 cm³/mol. The topological polar surface area (TPSA) is 57.3 Å². The number of likely N-dealkylation sites (tertiary alicyclic amines) is 1. The fraction of sp³-hybridized carbons (Fsp3) is 0.524. The number of piperidine rings is 1. The molecule has 2 N–H and O–H groups in total. The zero-order chi connectivity index (χ0) is 19.5. The van der Waals surface area contributed by atoms with Gasteiger partial charge in [0.2, 0.25) is 5.91 Å². The number of benzene rings is 1. The first-order chi connectivity index (χ1) is 13.6. The molecule has 1 aromatic heterocycles. The molecular weight excluding hydrogens is 388 g/mol. The minimum Gasteiger partial charge on any atom is -0.342 e. The highest BCUT2D eigenvalue weighted by Crippen LogP contribution is 2.34. The van der Waals surface area contributed by atoms with Crippen LogP contribution in [0.1, 0.15) is 35.6 Å². The van der Waals surface area contributed by atoms with Crippen LogP contribution < -0.4 is 10.9 Å². The van der Waals surface area contributed by atoms with E-state index in [1.54, 1.807) is 23.1 Å². The van der Waals surface area contributed by atoms with Crippen molar-refractivity contribution in [1.29, 1.82) is 0 Å². The molecule has 0 bridgehead atoms. The highest BCUT2D eigenvalue weighted by molar-refractivity contribution is 8.01. The fourth-order valence-corrected chi connectivity index (χ4v) is 6.14. The number of nitrogens with one attached hydrogen (secondary N) is 2. The van der Waals surface area contributed by atoms with E-state index in [1.165, 1.54) is 11.1 Å². The number of thiazole rings is 1. The molecular formula is C21H28N4OS2. The Hall–Kier alpha value is -1.41. The van der Waals surface area contributed by atoms with Crippen LogP contribution in [0.25, 0.3) is 0 Å². The second kappa shape index (κ2) is 8.95. The van der Waals surface area contributed by atoms with Crippen molar-refractivity contribution in [2.45, 2.75) is 43.0 Å². The van der Waals surface area contributed by atoms with Crippen LogP contribution in [0.15, 0.2) is 34.0 Å². The van der Waals surface area contributed by atoms with Gasteiger partial charge in [-0.15, -0.1) is 11.3 Å². The summed E-state index contributed by atoms with van der Waals surface area (Å²) in [6.07, 6.45) is 2.13. The average molecular weight is 417 g/mol. The van der Waals surface area contributed by atoms with E-state index in [9.17, 15) is 4.79 Å². The molecule has 0 radical (unpaired) electrons. The largest absolute Gasteiger partial charge is 0.342 e. The van der Waals surface area contributed by atoms with E-state index in [-0.39, 0.29) is 5.91 Å². The minimum atomic E-state index is 0.240. The first kappa shape index (κ1) is 19.9. The van der Waals surface area contributed by atoms with Gasteiger partial charge in [-0.3, -0.25) is 15.6 Å². The van der Waals surface area contributed by atoms with E-state index in [1.807, 2.05) is 17.2 Å². The molecule has 2 aromatic rings. The quantitative estimate of drug-likeness (QED) is 0.732. The molecule has 2 saturated heterocycles. The molecule has 2 aliphatic rings. The number of hydrogen-bond donors (Lipinski definition) is 2. The first-order valence-corrected chi connectivity index (χ1v) is 11.8. The molecule has 3 heterocycles. The van der Waals surface area contributed by atoms with Crippen molar-refractivity contribution in [1.82, 2.24) is 20.7 Å². The van der Waals surface area contributed by atoms with Crippen LogP contribution in [0.5, 0.6) is 0 Å². The molecule has 150 valence electrons. The molecule has 2 unspecified atom stereocenters. The molecule has 0 spiro atoms. The Balaban J connectivity index is 1.31. The minimum absolute atomic E-state index is 0.240. The van der Waals surface area contributed by atoms with Gasteiger partial charge in [-0.05, 0) is 43.7 Å². The maximum atomic E-state index is 12.6. The van der Waals surface area contributed by atoms with Crippen molar-refractivity contribution in [2.24, 2.45) is 5.92 Å². The van der Waals surface area contributed by atoms with E-state index in [0.717, 1.165) is 42.5 Å². The van der Waals surface area contributed by atoms with Crippen LogP contribution in [0.3, 0.4) is 0 Å². The zero-order valence-electron chi connectivity index (χ0n) is 16.5. The molecule has 5 nitrogen and oxygen atoms in total. The SMILES string of the molecule is Cc1csc(SCC(=O)N2CCC(C3NNCC3c3ccccc3C)CC2)n1.